The van der Waals surface area contributed by atoms with Crippen LogP contribution in [0.2, 0.25) is 0 Å². The van der Waals surface area contributed by atoms with Crippen LogP contribution in [0.25, 0.3) is 0 Å². The van der Waals surface area contributed by atoms with Crippen molar-refractivity contribution in [2.75, 3.05) is 30.8 Å². The van der Waals surface area contributed by atoms with Gasteiger partial charge >= 0.3 is 0 Å². The maximum Gasteiger partial charge on any atom is 0.121 e. The average Bonchev–Trinajstić information content (AvgIpc) is 2.68. The molecule has 1 aromatic rings. The van der Waals surface area contributed by atoms with E-state index in [-0.39, 0.29) is 0 Å². The second-order valence-corrected chi connectivity index (χ2v) is 4.79. The monoisotopic (exact) mass is 234 g/mol. The number of benzene rings is 1. The van der Waals surface area contributed by atoms with Gasteiger partial charge in [0.15, 0.2) is 0 Å². The van der Waals surface area contributed by atoms with Gasteiger partial charge in [-0.2, -0.15) is 0 Å². The van der Waals surface area contributed by atoms with Gasteiger partial charge in [-0.05, 0) is 25.0 Å². The maximum atomic E-state index is 6.08. The molecule has 3 rings (SSSR count). The van der Waals surface area contributed by atoms with Crippen LogP contribution in [0, 0.1) is 0 Å². The minimum atomic E-state index is 0.384. The summed E-state index contributed by atoms with van der Waals surface area (Å²) in [4.78, 5) is 2.33. The Morgan fingerprint density at radius 1 is 1.29 bits per heavy atom. The molecule has 2 N–H and O–H groups in total. The van der Waals surface area contributed by atoms with Crippen molar-refractivity contribution in [3.8, 4) is 5.75 Å². The van der Waals surface area contributed by atoms with Crippen LogP contribution in [-0.4, -0.2) is 32.4 Å². The molecule has 2 aliphatic rings. The van der Waals surface area contributed by atoms with Crippen molar-refractivity contribution in [1.29, 1.82) is 0 Å². The molecule has 1 aromatic carbocycles. The van der Waals surface area contributed by atoms with E-state index in [1.807, 2.05) is 18.2 Å². The number of nitrogen functional groups attached to an aromatic ring is 1. The third-order valence-corrected chi connectivity index (χ3v) is 3.62. The Kier molecular flexibility index (Phi) is 2.59. The molecule has 2 unspecified atom stereocenters. The first-order chi connectivity index (χ1) is 8.26. The first-order valence-electron chi connectivity index (χ1n) is 6.10. The van der Waals surface area contributed by atoms with E-state index in [1.54, 1.807) is 7.11 Å². The van der Waals surface area contributed by atoms with Gasteiger partial charge < -0.3 is 20.1 Å². The maximum absolute atomic E-state index is 6.08. The largest absolute Gasteiger partial charge is 0.497 e. The second-order valence-electron chi connectivity index (χ2n) is 4.79. The summed E-state index contributed by atoms with van der Waals surface area (Å²) in [6.45, 7) is 1.90. The van der Waals surface area contributed by atoms with Gasteiger partial charge in [0.1, 0.15) is 5.75 Å². The summed E-state index contributed by atoms with van der Waals surface area (Å²) in [6.07, 6.45) is 3.12. The summed E-state index contributed by atoms with van der Waals surface area (Å²) >= 11 is 0. The molecule has 17 heavy (non-hydrogen) atoms. The van der Waals surface area contributed by atoms with Gasteiger partial charge in [-0.1, -0.05) is 0 Å². The number of methoxy groups -OCH3 is 1. The number of nitrogens with two attached hydrogens (primary N) is 1. The fourth-order valence-electron chi connectivity index (χ4n) is 2.76. The van der Waals surface area contributed by atoms with E-state index < -0.39 is 0 Å². The molecule has 2 atom stereocenters. The summed E-state index contributed by atoms with van der Waals surface area (Å²) in [7, 11) is 1.66. The zero-order chi connectivity index (χ0) is 11.8. The predicted molar refractivity (Wildman–Crippen MR) is 67.5 cm³/mol. The van der Waals surface area contributed by atoms with E-state index in [1.165, 1.54) is 12.8 Å². The van der Waals surface area contributed by atoms with Crippen molar-refractivity contribution in [2.24, 2.45) is 0 Å². The van der Waals surface area contributed by atoms with Crippen LogP contribution in [-0.2, 0) is 4.74 Å². The van der Waals surface area contributed by atoms with E-state index in [0.717, 1.165) is 30.2 Å². The van der Waals surface area contributed by atoms with E-state index in [9.17, 15) is 0 Å². The molecule has 2 fully saturated rings. The van der Waals surface area contributed by atoms with Crippen molar-refractivity contribution >= 4 is 11.4 Å². The molecule has 0 saturated carbocycles. The normalized spacial score (nSPS) is 27.2. The van der Waals surface area contributed by atoms with E-state index in [0.29, 0.717) is 12.2 Å². The fraction of sp³-hybridized carbons (Fsp3) is 0.538. The Balaban J connectivity index is 1.84. The number of anilines is 2. The first kappa shape index (κ1) is 10.7. The van der Waals surface area contributed by atoms with Crippen molar-refractivity contribution < 1.29 is 9.47 Å². The van der Waals surface area contributed by atoms with Crippen LogP contribution in [0.4, 0.5) is 11.4 Å². The van der Waals surface area contributed by atoms with Gasteiger partial charge in [0.05, 0.1) is 30.7 Å². The van der Waals surface area contributed by atoms with Gasteiger partial charge in [0, 0.05) is 19.2 Å². The number of nitrogens with zero attached hydrogens (tertiary/aromatic N) is 1. The molecule has 0 radical (unpaired) electrons. The van der Waals surface area contributed by atoms with Crippen LogP contribution >= 0.6 is 0 Å². The van der Waals surface area contributed by atoms with Gasteiger partial charge in [-0.25, -0.2) is 0 Å². The van der Waals surface area contributed by atoms with E-state index >= 15 is 0 Å². The molecule has 0 aromatic heterocycles. The molecule has 4 nitrogen and oxygen atoms in total. The van der Waals surface area contributed by atoms with Crippen molar-refractivity contribution in [1.82, 2.24) is 0 Å². The molecular weight excluding hydrogens is 216 g/mol. The summed E-state index contributed by atoms with van der Waals surface area (Å²) in [5, 5.41) is 0. The van der Waals surface area contributed by atoms with Gasteiger partial charge in [-0.15, -0.1) is 0 Å². The van der Waals surface area contributed by atoms with Gasteiger partial charge in [0.25, 0.3) is 0 Å². The van der Waals surface area contributed by atoms with Crippen LogP contribution < -0.4 is 15.4 Å². The molecule has 2 aliphatic heterocycles. The van der Waals surface area contributed by atoms with Crippen molar-refractivity contribution in [2.45, 2.75) is 25.0 Å². The number of hydrogen-bond donors (Lipinski definition) is 1. The lowest BCUT2D eigenvalue weighted by Gasteiger charge is -2.34. The van der Waals surface area contributed by atoms with Crippen molar-refractivity contribution in [3.05, 3.63) is 18.2 Å². The Morgan fingerprint density at radius 3 is 2.59 bits per heavy atom. The summed E-state index contributed by atoms with van der Waals surface area (Å²) < 4.78 is 11.0. The number of hydrogen-bond acceptors (Lipinski definition) is 4. The molecule has 0 aliphatic carbocycles. The highest BCUT2D eigenvalue weighted by Gasteiger charge is 2.34. The molecule has 0 amide bonds. The third-order valence-electron chi connectivity index (χ3n) is 3.62. The smallest absolute Gasteiger partial charge is 0.121 e. The quantitative estimate of drug-likeness (QED) is 0.790. The number of morpholine rings is 1. The number of ether oxygens (including phenoxy) is 2. The number of fused-ring (bicyclic) bond motifs is 2. The fourth-order valence-corrected chi connectivity index (χ4v) is 2.76. The molecular formula is C13H18N2O2. The minimum absolute atomic E-state index is 0.384. The minimum Gasteiger partial charge on any atom is -0.497 e. The predicted octanol–water partition coefficient (Wildman–Crippen LogP) is 1.64. The Bertz CT molecular complexity index is 410. The molecule has 2 heterocycles. The van der Waals surface area contributed by atoms with Crippen LogP contribution in [0.1, 0.15) is 12.8 Å². The van der Waals surface area contributed by atoms with Gasteiger partial charge in [0.2, 0.25) is 0 Å². The van der Waals surface area contributed by atoms with Crippen LogP contribution in [0.3, 0.4) is 0 Å². The molecule has 4 heteroatoms. The standard InChI is InChI=1S/C13H18N2O2/c1-16-9-4-5-13(12(14)6-9)15-7-10-2-3-11(8-15)17-10/h4-6,10-11H,2-3,7-8,14H2,1H3. The third kappa shape index (κ3) is 1.93. The highest BCUT2D eigenvalue weighted by Crippen LogP contribution is 2.33. The highest BCUT2D eigenvalue weighted by atomic mass is 16.5. The van der Waals surface area contributed by atoms with E-state index in [4.69, 9.17) is 15.2 Å². The lowest BCUT2D eigenvalue weighted by Crippen LogP contribution is -2.42. The Morgan fingerprint density at radius 2 is 2.00 bits per heavy atom. The summed E-state index contributed by atoms with van der Waals surface area (Å²) in [6, 6.07) is 5.88. The van der Waals surface area contributed by atoms with Gasteiger partial charge in [-0.3, -0.25) is 0 Å². The number of rotatable bonds is 2. The Hall–Kier alpha value is -1.42. The zero-order valence-electron chi connectivity index (χ0n) is 10.1. The zero-order valence-corrected chi connectivity index (χ0v) is 10.1. The highest BCUT2D eigenvalue weighted by molar-refractivity contribution is 5.69. The molecule has 92 valence electrons. The summed E-state index contributed by atoms with van der Waals surface area (Å²) in [5.41, 5.74) is 7.96. The topological polar surface area (TPSA) is 47.7 Å². The van der Waals surface area contributed by atoms with Crippen molar-refractivity contribution in [3.63, 3.8) is 0 Å². The molecule has 2 saturated heterocycles. The molecule has 2 bridgehead atoms. The average molecular weight is 234 g/mol. The molecule has 0 spiro atoms. The first-order valence-corrected chi connectivity index (χ1v) is 6.10. The van der Waals surface area contributed by atoms with Crippen LogP contribution in [0.5, 0.6) is 5.75 Å². The van der Waals surface area contributed by atoms with E-state index in [2.05, 4.69) is 4.90 Å². The SMILES string of the molecule is COc1ccc(N2CC3CCC(C2)O3)c(N)c1. The Labute approximate surface area is 101 Å². The lowest BCUT2D eigenvalue weighted by molar-refractivity contribution is 0.0305. The lowest BCUT2D eigenvalue weighted by atomic mass is 10.2. The second kappa shape index (κ2) is 4.11. The van der Waals surface area contributed by atoms with Crippen LogP contribution in [0.15, 0.2) is 18.2 Å². The summed E-state index contributed by atoms with van der Waals surface area (Å²) in [5.74, 6) is 0.808.